The summed E-state index contributed by atoms with van der Waals surface area (Å²) < 4.78 is 0. The van der Waals surface area contributed by atoms with Crippen molar-refractivity contribution in [1.29, 1.82) is 0 Å². The van der Waals surface area contributed by atoms with Crippen molar-refractivity contribution in [3.05, 3.63) is 43.3 Å². The molecule has 0 fully saturated rings. The van der Waals surface area contributed by atoms with Crippen LogP contribution in [0, 0.1) is 20.8 Å². The van der Waals surface area contributed by atoms with Crippen LogP contribution in [0.5, 0.6) is 0 Å². The van der Waals surface area contributed by atoms with Crippen molar-refractivity contribution in [2.45, 2.75) is 33.9 Å². The molecule has 0 spiro atoms. The molecule has 0 aliphatic carbocycles. The van der Waals surface area contributed by atoms with Crippen LogP contribution in [-0.4, -0.2) is 0 Å². The first-order valence-electron chi connectivity index (χ1n) is 5.46. The molecule has 0 aliphatic heterocycles. The lowest BCUT2D eigenvalue weighted by atomic mass is 10.3. The molecule has 2 rings (SSSR count). The number of nitrogens with one attached hydrogen (secondary N) is 1. The maximum absolute atomic E-state index is 3.51. The average Bonchev–Trinajstić information content (AvgIpc) is 2.76. The first kappa shape index (κ1) is 11.8. The summed E-state index contributed by atoms with van der Waals surface area (Å²) in [6.07, 6.45) is 0. The van der Waals surface area contributed by atoms with Gasteiger partial charge in [0.2, 0.25) is 0 Å². The second-order valence-corrected chi connectivity index (χ2v) is 6.42. The number of hydrogen-bond acceptors (Lipinski definition) is 3. The van der Waals surface area contributed by atoms with Crippen molar-refractivity contribution >= 4 is 22.7 Å². The Morgan fingerprint density at radius 2 is 1.94 bits per heavy atom. The lowest BCUT2D eigenvalue weighted by Crippen LogP contribution is -2.11. The molecule has 0 aromatic carbocycles. The SMILES string of the molecule is Cc1cc(CNCc2sccc2C)sc1C. The molecule has 86 valence electrons. The van der Waals surface area contributed by atoms with Crippen LogP contribution in [0.25, 0.3) is 0 Å². The minimum Gasteiger partial charge on any atom is -0.307 e. The zero-order chi connectivity index (χ0) is 11.5. The van der Waals surface area contributed by atoms with Crippen LogP contribution in [0.4, 0.5) is 0 Å². The van der Waals surface area contributed by atoms with Gasteiger partial charge in [-0.05, 0) is 49.4 Å². The summed E-state index contributed by atoms with van der Waals surface area (Å²) in [5, 5.41) is 5.66. The minimum atomic E-state index is 0.983. The smallest absolute Gasteiger partial charge is 0.0305 e. The zero-order valence-corrected chi connectivity index (χ0v) is 11.6. The summed E-state index contributed by atoms with van der Waals surface area (Å²) in [6.45, 7) is 8.51. The standard InChI is InChI=1S/C13H17NS2/c1-9-4-5-15-13(9)8-14-7-12-6-10(2)11(3)16-12/h4-6,14H,7-8H2,1-3H3. The van der Waals surface area contributed by atoms with Crippen molar-refractivity contribution in [1.82, 2.24) is 5.32 Å². The molecule has 2 aromatic heterocycles. The normalized spacial score (nSPS) is 10.9. The average molecular weight is 251 g/mol. The van der Waals surface area contributed by atoms with Crippen LogP contribution in [0.1, 0.15) is 25.8 Å². The van der Waals surface area contributed by atoms with E-state index in [1.54, 1.807) is 0 Å². The highest BCUT2D eigenvalue weighted by atomic mass is 32.1. The van der Waals surface area contributed by atoms with E-state index < -0.39 is 0 Å². The first-order valence-corrected chi connectivity index (χ1v) is 7.16. The molecule has 16 heavy (non-hydrogen) atoms. The van der Waals surface area contributed by atoms with Gasteiger partial charge in [-0.1, -0.05) is 0 Å². The van der Waals surface area contributed by atoms with Crippen molar-refractivity contribution in [3.8, 4) is 0 Å². The van der Waals surface area contributed by atoms with Crippen LogP contribution in [-0.2, 0) is 13.1 Å². The Kier molecular flexibility index (Phi) is 3.79. The van der Waals surface area contributed by atoms with E-state index in [-0.39, 0.29) is 0 Å². The summed E-state index contributed by atoms with van der Waals surface area (Å²) in [6, 6.07) is 4.47. The third-order valence-corrected chi connectivity index (χ3v) is 4.95. The van der Waals surface area contributed by atoms with Gasteiger partial charge in [0, 0.05) is 27.7 Å². The van der Waals surface area contributed by atoms with Gasteiger partial charge >= 0.3 is 0 Å². The largest absolute Gasteiger partial charge is 0.307 e. The predicted molar refractivity (Wildman–Crippen MR) is 73.4 cm³/mol. The highest BCUT2D eigenvalue weighted by Gasteiger charge is 2.02. The fourth-order valence-corrected chi connectivity index (χ4v) is 3.52. The Labute approximate surface area is 105 Å². The molecular formula is C13H17NS2. The lowest BCUT2D eigenvalue weighted by Gasteiger charge is -2.01. The lowest BCUT2D eigenvalue weighted by molar-refractivity contribution is 0.706. The monoisotopic (exact) mass is 251 g/mol. The molecule has 0 radical (unpaired) electrons. The molecule has 0 bridgehead atoms. The minimum absolute atomic E-state index is 0.983. The topological polar surface area (TPSA) is 12.0 Å². The van der Waals surface area contributed by atoms with E-state index in [1.807, 2.05) is 22.7 Å². The van der Waals surface area contributed by atoms with Crippen molar-refractivity contribution in [2.24, 2.45) is 0 Å². The fourth-order valence-electron chi connectivity index (χ4n) is 1.62. The van der Waals surface area contributed by atoms with Crippen molar-refractivity contribution in [3.63, 3.8) is 0 Å². The van der Waals surface area contributed by atoms with E-state index in [0.29, 0.717) is 0 Å². The summed E-state index contributed by atoms with van der Waals surface area (Å²) in [4.78, 5) is 4.32. The fraction of sp³-hybridized carbons (Fsp3) is 0.385. The van der Waals surface area contributed by atoms with Gasteiger partial charge in [0.25, 0.3) is 0 Å². The number of rotatable bonds is 4. The number of hydrogen-bond donors (Lipinski definition) is 1. The molecule has 0 atom stereocenters. The first-order chi connectivity index (χ1) is 7.66. The van der Waals surface area contributed by atoms with Crippen molar-refractivity contribution < 1.29 is 0 Å². The molecule has 0 saturated heterocycles. The summed E-state index contributed by atoms with van der Waals surface area (Å²) in [7, 11) is 0. The highest BCUT2D eigenvalue weighted by Crippen LogP contribution is 2.21. The Bertz CT molecular complexity index is 448. The van der Waals surface area contributed by atoms with Crippen LogP contribution >= 0.6 is 22.7 Å². The molecule has 2 aromatic rings. The van der Waals surface area contributed by atoms with Crippen molar-refractivity contribution in [2.75, 3.05) is 0 Å². The van der Waals surface area contributed by atoms with Gasteiger partial charge in [-0.2, -0.15) is 0 Å². The van der Waals surface area contributed by atoms with E-state index in [9.17, 15) is 0 Å². The third-order valence-electron chi connectivity index (χ3n) is 2.77. The van der Waals surface area contributed by atoms with Gasteiger partial charge in [-0.25, -0.2) is 0 Å². The van der Waals surface area contributed by atoms with Gasteiger partial charge in [0.05, 0.1) is 0 Å². The Morgan fingerprint density at radius 1 is 1.12 bits per heavy atom. The Balaban J connectivity index is 1.87. The van der Waals surface area contributed by atoms with Gasteiger partial charge < -0.3 is 5.32 Å². The Morgan fingerprint density at radius 3 is 2.50 bits per heavy atom. The van der Waals surface area contributed by atoms with E-state index in [1.165, 1.54) is 25.8 Å². The summed E-state index contributed by atoms with van der Waals surface area (Å²) >= 11 is 3.73. The van der Waals surface area contributed by atoms with Crippen LogP contribution in [0.2, 0.25) is 0 Å². The van der Waals surface area contributed by atoms with Gasteiger partial charge in [0.15, 0.2) is 0 Å². The quantitative estimate of drug-likeness (QED) is 0.865. The molecule has 1 N–H and O–H groups in total. The maximum Gasteiger partial charge on any atom is 0.0305 e. The third kappa shape index (κ3) is 2.73. The highest BCUT2D eigenvalue weighted by molar-refractivity contribution is 7.12. The van der Waals surface area contributed by atoms with Gasteiger partial charge in [-0.15, -0.1) is 22.7 Å². The zero-order valence-electron chi connectivity index (χ0n) is 9.96. The molecule has 0 amide bonds. The number of thiophene rings is 2. The molecule has 0 aliphatic rings. The molecule has 0 unspecified atom stereocenters. The summed E-state index contributed by atoms with van der Waals surface area (Å²) in [5.74, 6) is 0. The van der Waals surface area contributed by atoms with Gasteiger partial charge in [-0.3, -0.25) is 0 Å². The summed E-state index contributed by atoms with van der Waals surface area (Å²) in [5.41, 5.74) is 2.81. The molecule has 3 heteroatoms. The van der Waals surface area contributed by atoms with Crippen LogP contribution in [0.15, 0.2) is 17.5 Å². The van der Waals surface area contributed by atoms with Gasteiger partial charge in [0.1, 0.15) is 0 Å². The van der Waals surface area contributed by atoms with E-state index >= 15 is 0 Å². The molecule has 2 heterocycles. The van der Waals surface area contributed by atoms with E-state index in [4.69, 9.17) is 0 Å². The van der Waals surface area contributed by atoms with E-state index in [2.05, 4.69) is 43.6 Å². The second-order valence-electron chi connectivity index (χ2n) is 4.08. The molecule has 1 nitrogen and oxygen atoms in total. The van der Waals surface area contributed by atoms with E-state index in [0.717, 1.165) is 13.1 Å². The molecule has 0 saturated carbocycles. The van der Waals surface area contributed by atoms with Crippen LogP contribution in [0.3, 0.4) is 0 Å². The van der Waals surface area contributed by atoms with Crippen LogP contribution < -0.4 is 5.32 Å². The maximum atomic E-state index is 3.51. The second kappa shape index (κ2) is 5.13. The number of aryl methyl sites for hydroxylation is 3. The molecular weight excluding hydrogens is 234 g/mol. The Hall–Kier alpha value is -0.640. The predicted octanol–water partition coefficient (Wildman–Crippen LogP) is 4.02.